The van der Waals surface area contributed by atoms with Crippen molar-refractivity contribution in [2.75, 3.05) is 0 Å². The van der Waals surface area contributed by atoms with E-state index in [1.807, 2.05) is 0 Å². The topological polar surface area (TPSA) is 69.0 Å². The number of alkyl halides is 3. The largest absolute Gasteiger partial charge is 0.444 e. The lowest BCUT2D eigenvalue weighted by Gasteiger charge is -2.21. The molecule has 0 unspecified atom stereocenters. The number of pyridine rings is 1. The smallest absolute Gasteiger partial charge is 0.433 e. The van der Waals surface area contributed by atoms with E-state index in [0.29, 0.717) is 12.8 Å². The highest BCUT2D eigenvalue weighted by atomic mass is 19.4. The number of fused-ring (bicyclic) bond motifs is 1. The lowest BCUT2D eigenvalue weighted by Crippen LogP contribution is -2.34. The van der Waals surface area contributed by atoms with Crippen LogP contribution in [0.5, 0.6) is 0 Å². The van der Waals surface area contributed by atoms with E-state index >= 15 is 0 Å². The van der Waals surface area contributed by atoms with Gasteiger partial charge in [0.2, 0.25) is 0 Å². The maximum atomic E-state index is 12.8. The van der Waals surface area contributed by atoms with E-state index in [1.54, 1.807) is 27.0 Å². The Labute approximate surface area is 148 Å². The summed E-state index contributed by atoms with van der Waals surface area (Å²) in [5, 5.41) is 7.13. The standard InChI is InChI=1S/C17H19F3N4O2/c1-16(2,3)26-15(25)22-12-4-5-13-11(12)9-24(23-13)10-6-7-21-14(8-10)17(18,19)20/h6-9,12H,4-5H2,1-3H3,(H,22,25)/t12-/m0/s1. The normalized spacial score (nSPS) is 17.1. The number of amides is 1. The van der Waals surface area contributed by atoms with E-state index in [4.69, 9.17) is 4.74 Å². The van der Waals surface area contributed by atoms with Crippen molar-refractivity contribution in [1.82, 2.24) is 20.1 Å². The number of hydrogen-bond donors (Lipinski definition) is 1. The van der Waals surface area contributed by atoms with Crippen LogP contribution in [0.2, 0.25) is 0 Å². The Hall–Kier alpha value is -2.58. The number of halogens is 3. The van der Waals surface area contributed by atoms with Crippen molar-refractivity contribution in [2.45, 2.75) is 51.4 Å². The Morgan fingerprint density at radius 3 is 2.73 bits per heavy atom. The zero-order valence-electron chi connectivity index (χ0n) is 14.6. The van der Waals surface area contributed by atoms with Gasteiger partial charge in [-0.15, -0.1) is 0 Å². The molecule has 26 heavy (non-hydrogen) atoms. The number of ether oxygens (including phenoxy) is 1. The fourth-order valence-electron chi connectivity index (χ4n) is 2.79. The Balaban J connectivity index is 1.80. The Bertz CT molecular complexity index is 824. The molecule has 1 aliphatic rings. The summed E-state index contributed by atoms with van der Waals surface area (Å²) in [6, 6.07) is 2.11. The van der Waals surface area contributed by atoms with E-state index in [-0.39, 0.29) is 11.7 Å². The third-order valence-electron chi connectivity index (χ3n) is 3.86. The molecule has 1 amide bonds. The fourth-order valence-corrected chi connectivity index (χ4v) is 2.79. The average Bonchev–Trinajstić information content (AvgIpc) is 3.07. The van der Waals surface area contributed by atoms with Gasteiger partial charge in [0.15, 0.2) is 0 Å². The molecular weight excluding hydrogens is 349 g/mol. The molecule has 0 aliphatic heterocycles. The summed E-state index contributed by atoms with van der Waals surface area (Å²) in [5.41, 5.74) is 0.199. The third kappa shape index (κ3) is 3.97. The quantitative estimate of drug-likeness (QED) is 0.875. The minimum Gasteiger partial charge on any atom is -0.444 e. The molecule has 6 nitrogen and oxygen atoms in total. The molecule has 1 atom stereocenters. The molecule has 2 aromatic rings. The van der Waals surface area contributed by atoms with E-state index in [1.165, 1.54) is 10.7 Å². The number of rotatable bonds is 2. The molecule has 0 spiro atoms. The zero-order chi connectivity index (χ0) is 19.1. The summed E-state index contributed by atoms with van der Waals surface area (Å²) in [7, 11) is 0. The highest BCUT2D eigenvalue weighted by Crippen LogP contribution is 2.32. The first kappa shape index (κ1) is 18.2. The van der Waals surface area contributed by atoms with Crippen molar-refractivity contribution < 1.29 is 22.7 Å². The van der Waals surface area contributed by atoms with Crippen molar-refractivity contribution in [3.63, 3.8) is 0 Å². The van der Waals surface area contributed by atoms with Gasteiger partial charge in [-0.05, 0) is 45.7 Å². The molecule has 0 fully saturated rings. The van der Waals surface area contributed by atoms with Gasteiger partial charge in [0.25, 0.3) is 0 Å². The number of carbonyl (C=O) groups is 1. The summed E-state index contributed by atoms with van der Waals surface area (Å²) in [6.07, 6.45) is -1.03. The average molecular weight is 368 g/mol. The van der Waals surface area contributed by atoms with Crippen LogP contribution in [-0.2, 0) is 17.3 Å². The second-order valence-electron chi connectivity index (χ2n) is 7.11. The number of aryl methyl sites for hydroxylation is 1. The van der Waals surface area contributed by atoms with E-state index < -0.39 is 23.6 Å². The van der Waals surface area contributed by atoms with Gasteiger partial charge in [0.05, 0.1) is 17.4 Å². The summed E-state index contributed by atoms with van der Waals surface area (Å²) < 4.78 is 45.1. The van der Waals surface area contributed by atoms with Gasteiger partial charge in [-0.1, -0.05) is 0 Å². The van der Waals surface area contributed by atoms with Crippen molar-refractivity contribution in [1.29, 1.82) is 0 Å². The van der Waals surface area contributed by atoms with Gasteiger partial charge < -0.3 is 10.1 Å². The molecule has 0 saturated heterocycles. The van der Waals surface area contributed by atoms with Gasteiger partial charge in [0, 0.05) is 18.0 Å². The maximum Gasteiger partial charge on any atom is 0.433 e. The lowest BCUT2D eigenvalue weighted by atomic mass is 10.2. The minimum atomic E-state index is -4.52. The molecule has 0 radical (unpaired) electrons. The molecule has 140 valence electrons. The monoisotopic (exact) mass is 368 g/mol. The molecule has 1 N–H and O–H groups in total. The van der Waals surface area contributed by atoms with Crippen LogP contribution >= 0.6 is 0 Å². The first-order valence-electron chi connectivity index (χ1n) is 8.14. The van der Waals surface area contributed by atoms with Crippen molar-refractivity contribution in [3.8, 4) is 5.69 Å². The lowest BCUT2D eigenvalue weighted by molar-refractivity contribution is -0.141. The van der Waals surface area contributed by atoms with Crippen LogP contribution in [0.15, 0.2) is 24.5 Å². The SMILES string of the molecule is CC(C)(C)OC(=O)N[C@H]1CCc2nn(-c3ccnc(C(F)(F)F)c3)cc21. The van der Waals surface area contributed by atoms with E-state index in [9.17, 15) is 18.0 Å². The van der Waals surface area contributed by atoms with Crippen LogP contribution < -0.4 is 5.32 Å². The van der Waals surface area contributed by atoms with Crippen LogP contribution in [0, 0.1) is 0 Å². The Morgan fingerprint density at radius 2 is 2.08 bits per heavy atom. The zero-order valence-corrected chi connectivity index (χ0v) is 14.6. The predicted octanol–water partition coefficient (Wildman–Crippen LogP) is 3.80. The van der Waals surface area contributed by atoms with E-state index in [2.05, 4.69) is 15.4 Å². The second kappa shape index (κ2) is 6.30. The maximum absolute atomic E-state index is 12.8. The van der Waals surface area contributed by atoms with Gasteiger partial charge in [-0.2, -0.15) is 18.3 Å². The minimum absolute atomic E-state index is 0.262. The molecule has 1 aliphatic carbocycles. The molecule has 9 heteroatoms. The molecule has 2 heterocycles. The Kier molecular flexibility index (Phi) is 4.41. The van der Waals surface area contributed by atoms with Crippen LogP contribution in [0.4, 0.5) is 18.0 Å². The molecule has 0 bridgehead atoms. The number of aromatic nitrogens is 3. The van der Waals surface area contributed by atoms with Crippen LogP contribution in [0.1, 0.15) is 50.2 Å². The van der Waals surface area contributed by atoms with Crippen LogP contribution in [0.3, 0.4) is 0 Å². The van der Waals surface area contributed by atoms with E-state index in [0.717, 1.165) is 23.5 Å². The van der Waals surface area contributed by atoms with Crippen LogP contribution in [0.25, 0.3) is 5.69 Å². The molecule has 0 aromatic carbocycles. The van der Waals surface area contributed by atoms with Gasteiger partial charge >= 0.3 is 12.3 Å². The molecular formula is C17H19F3N4O2. The highest BCUT2D eigenvalue weighted by Gasteiger charge is 2.33. The molecule has 0 saturated carbocycles. The second-order valence-corrected chi connectivity index (χ2v) is 7.11. The van der Waals surface area contributed by atoms with Crippen molar-refractivity contribution in [2.24, 2.45) is 0 Å². The number of alkyl carbamates (subject to hydrolysis) is 1. The molecule has 3 rings (SSSR count). The van der Waals surface area contributed by atoms with Crippen molar-refractivity contribution >= 4 is 6.09 Å². The summed E-state index contributed by atoms with van der Waals surface area (Å²) >= 11 is 0. The number of hydrogen-bond acceptors (Lipinski definition) is 4. The van der Waals surface area contributed by atoms with Gasteiger partial charge in [-0.25, -0.2) is 9.48 Å². The summed E-state index contributed by atoms with van der Waals surface area (Å²) in [4.78, 5) is 15.3. The van der Waals surface area contributed by atoms with Gasteiger partial charge in [0.1, 0.15) is 11.3 Å². The highest BCUT2D eigenvalue weighted by molar-refractivity contribution is 5.68. The first-order chi connectivity index (χ1) is 12.0. The Morgan fingerprint density at radius 1 is 1.35 bits per heavy atom. The number of nitrogens with one attached hydrogen (secondary N) is 1. The summed E-state index contributed by atoms with van der Waals surface area (Å²) in [5.74, 6) is 0. The predicted molar refractivity (Wildman–Crippen MR) is 86.8 cm³/mol. The number of carbonyl (C=O) groups excluding carboxylic acids is 1. The summed E-state index contributed by atoms with van der Waals surface area (Å²) in [6.45, 7) is 5.31. The fraction of sp³-hybridized carbons (Fsp3) is 0.471. The molecule has 2 aromatic heterocycles. The van der Waals surface area contributed by atoms with Crippen LogP contribution in [-0.4, -0.2) is 26.5 Å². The van der Waals surface area contributed by atoms with Crippen molar-refractivity contribution in [3.05, 3.63) is 41.5 Å². The number of nitrogens with zero attached hydrogens (tertiary/aromatic N) is 3. The van der Waals surface area contributed by atoms with Gasteiger partial charge in [-0.3, -0.25) is 4.98 Å². The first-order valence-corrected chi connectivity index (χ1v) is 8.14. The third-order valence-corrected chi connectivity index (χ3v) is 3.86.